The lowest BCUT2D eigenvalue weighted by Crippen LogP contribution is -1.78. The maximum absolute atomic E-state index is 8.19. The van der Waals surface area contributed by atoms with Crippen LogP contribution in [0.2, 0.25) is 0 Å². The van der Waals surface area contributed by atoms with Gasteiger partial charge in [-0.25, -0.2) is 0 Å². The largest absolute Gasteiger partial charge is 0.0613 e. The van der Waals surface area contributed by atoms with Crippen molar-refractivity contribution in [3.05, 3.63) is 40.3 Å². The van der Waals surface area contributed by atoms with Crippen molar-refractivity contribution in [3.8, 4) is 0 Å². The number of hydrogen-bond donors (Lipinski definition) is 0. The van der Waals surface area contributed by atoms with Gasteiger partial charge in [0, 0.05) is 10.6 Å². The van der Waals surface area contributed by atoms with Crippen LogP contribution in [0.15, 0.2) is 23.3 Å². The van der Waals surface area contributed by atoms with Gasteiger partial charge in [-0.3, -0.25) is 0 Å². The first-order chi connectivity index (χ1) is 5.38. The fraction of sp³-hybridized carbons (Fsp3) is 0.250. The maximum atomic E-state index is 8.19. The lowest BCUT2D eigenvalue weighted by Gasteiger charge is -1.98. The minimum absolute atomic E-state index is 0.703. The van der Waals surface area contributed by atoms with Crippen molar-refractivity contribution in [3.63, 3.8) is 0 Å². The zero-order chi connectivity index (χ0) is 8.10. The third-order valence-electron chi connectivity index (χ3n) is 1.46. The van der Waals surface area contributed by atoms with Crippen LogP contribution in [-0.2, 0) is 6.42 Å². The molecule has 1 radical (unpaired) electrons. The second kappa shape index (κ2) is 3.64. The maximum Gasteiger partial charge on any atom is 0.0407 e. The molecule has 0 spiro atoms. The molecule has 0 aliphatic rings. The van der Waals surface area contributed by atoms with Gasteiger partial charge in [-0.1, -0.05) is 30.2 Å². The van der Waals surface area contributed by atoms with Crippen LogP contribution in [0.1, 0.15) is 12.5 Å². The van der Waals surface area contributed by atoms with E-state index in [2.05, 4.69) is 16.1 Å². The van der Waals surface area contributed by atoms with Gasteiger partial charge in [0.1, 0.15) is 0 Å². The monoisotopic (exact) mass is 146 g/mol. The molecule has 0 unspecified atom stereocenters. The number of rotatable bonds is 2. The molecule has 0 aliphatic carbocycles. The van der Waals surface area contributed by atoms with Crippen molar-refractivity contribution >= 4 is 5.69 Å². The minimum atomic E-state index is 0.703. The van der Waals surface area contributed by atoms with Gasteiger partial charge in [0.25, 0.3) is 0 Å². The molecule has 55 valence electrons. The molecule has 3 nitrogen and oxygen atoms in total. The fourth-order valence-electron chi connectivity index (χ4n) is 0.886. The summed E-state index contributed by atoms with van der Waals surface area (Å²) in [5.41, 5.74) is 9.92. The topological polar surface area (TPSA) is 48.8 Å². The quantitative estimate of drug-likeness (QED) is 0.350. The molecule has 1 aromatic rings. The van der Waals surface area contributed by atoms with E-state index >= 15 is 0 Å². The molecule has 0 heterocycles. The van der Waals surface area contributed by atoms with Crippen molar-refractivity contribution < 1.29 is 0 Å². The lowest BCUT2D eigenvalue weighted by atomic mass is 10.1. The van der Waals surface area contributed by atoms with Gasteiger partial charge in [0.05, 0.1) is 0 Å². The van der Waals surface area contributed by atoms with Crippen LogP contribution in [0, 0.1) is 6.07 Å². The van der Waals surface area contributed by atoms with Crippen LogP contribution in [-0.4, -0.2) is 0 Å². The fourth-order valence-corrected chi connectivity index (χ4v) is 0.886. The second-order valence-electron chi connectivity index (χ2n) is 2.10. The van der Waals surface area contributed by atoms with Crippen molar-refractivity contribution in [1.82, 2.24) is 0 Å². The summed E-state index contributed by atoms with van der Waals surface area (Å²) in [6.45, 7) is 2.01. The number of hydrogen-bond acceptors (Lipinski definition) is 1. The summed E-state index contributed by atoms with van der Waals surface area (Å²) in [4.78, 5) is 2.73. The molecular weight excluding hydrogens is 138 g/mol. The second-order valence-corrected chi connectivity index (χ2v) is 2.10. The Morgan fingerprint density at radius 3 is 3.18 bits per heavy atom. The van der Waals surface area contributed by atoms with Crippen molar-refractivity contribution in [2.75, 3.05) is 0 Å². The first-order valence-corrected chi connectivity index (χ1v) is 3.42. The Bertz CT molecular complexity index is 287. The van der Waals surface area contributed by atoms with E-state index in [4.69, 9.17) is 5.53 Å². The van der Waals surface area contributed by atoms with Crippen LogP contribution in [0.4, 0.5) is 5.69 Å². The number of aryl methyl sites for hydroxylation is 1. The molecule has 11 heavy (non-hydrogen) atoms. The van der Waals surface area contributed by atoms with E-state index in [1.807, 2.05) is 13.0 Å². The molecular formula is C8H8N3. The van der Waals surface area contributed by atoms with E-state index < -0.39 is 0 Å². The van der Waals surface area contributed by atoms with E-state index in [0.717, 1.165) is 12.0 Å². The Labute approximate surface area is 65.3 Å². The standard InChI is InChI=1S/C8H8N3/c1-2-7-5-3-4-6-8(7)10-11-9/h4-6H,2H2,1H3. The predicted octanol–water partition coefficient (Wildman–Crippen LogP) is 2.99. The molecule has 0 aliphatic heterocycles. The Morgan fingerprint density at radius 1 is 1.73 bits per heavy atom. The molecule has 3 heteroatoms. The highest BCUT2D eigenvalue weighted by Gasteiger charge is 1.94. The number of azide groups is 1. The summed E-state index contributed by atoms with van der Waals surface area (Å²) < 4.78 is 0. The zero-order valence-electron chi connectivity index (χ0n) is 6.28. The van der Waals surface area contributed by atoms with Crippen LogP contribution in [0.25, 0.3) is 10.4 Å². The summed E-state index contributed by atoms with van der Waals surface area (Å²) in [5, 5.41) is 3.54. The Balaban J connectivity index is 3.11. The molecule has 0 N–H and O–H groups in total. The van der Waals surface area contributed by atoms with Gasteiger partial charge in [0.2, 0.25) is 0 Å². The van der Waals surface area contributed by atoms with E-state index in [0.29, 0.717) is 5.69 Å². The highest BCUT2D eigenvalue weighted by Crippen LogP contribution is 2.18. The molecule has 0 aromatic heterocycles. The van der Waals surface area contributed by atoms with Gasteiger partial charge in [-0.2, -0.15) is 0 Å². The first kappa shape index (κ1) is 7.63. The van der Waals surface area contributed by atoms with Crippen molar-refractivity contribution in [1.29, 1.82) is 0 Å². The summed E-state index contributed by atoms with van der Waals surface area (Å²) in [6, 6.07) is 8.27. The third-order valence-corrected chi connectivity index (χ3v) is 1.46. The molecule has 0 fully saturated rings. The van der Waals surface area contributed by atoms with E-state index in [1.165, 1.54) is 0 Å². The SMILES string of the molecule is CCc1c[c]ccc1N=[N+]=[N-]. The summed E-state index contributed by atoms with van der Waals surface area (Å²) in [6.07, 6.45) is 0.867. The first-order valence-electron chi connectivity index (χ1n) is 3.42. The molecule has 0 atom stereocenters. The summed E-state index contributed by atoms with van der Waals surface area (Å²) >= 11 is 0. The molecule has 0 bridgehead atoms. The smallest absolute Gasteiger partial charge is 0.0407 e. The van der Waals surface area contributed by atoms with E-state index in [9.17, 15) is 0 Å². The van der Waals surface area contributed by atoms with Gasteiger partial charge in [-0.05, 0) is 23.6 Å². The zero-order valence-corrected chi connectivity index (χ0v) is 6.28. The van der Waals surface area contributed by atoms with E-state index in [-0.39, 0.29) is 0 Å². The normalized spacial score (nSPS) is 8.82. The van der Waals surface area contributed by atoms with Gasteiger partial charge < -0.3 is 0 Å². The highest BCUT2D eigenvalue weighted by atomic mass is 15.1. The minimum Gasteiger partial charge on any atom is -0.0613 e. The van der Waals surface area contributed by atoms with Gasteiger partial charge in [-0.15, -0.1) is 0 Å². The Hall–Kier alpha value is -1.47. The average Bonchev–Trinajstić information content (AvgIpc) is 2.06. The number of benzene rings is 1. The predicted molar refractivity (Wildman–Crippen MR) is 43.5 cm³/mol. The van der Waals surface area contributed by atoms with Crippen LogP contribution in [0.3, 0.4) is 0 Å². The molecule has 0 saturated heterocycles. The Kier molecular flexibility index (Phi) is 2.53. The third kappa shape index (κ3) is 1.72. The number of nitrogens with zero attached hydrogens (tertiary/aromatic N) is 3. The van der Waals surface area contributed by atoms with Gasteiger partial charge >= 0.3 is 0 Å². The molecule has 1 aromatic carbocycles. The van der Waals surface area contributed by atoms with Gasteiger partial charge in [0.15, 0.2) is 0 Å². The Morgan fingerprint density at radius 2 is 2.55 bits per heavy atom. The summed E-state index contributed by atoms with van der Waals surface area (Å²) in [7, 11) is 0. The van der Waals surface area contributed by atoms with Crippen molar-refractivity contribution in [2.45, 2.75) is 13.3 Å². The summed E-state index contributed by atoms with van der Waals surface area (Å²) in [5.74, 6) is 0. The van der Waals surface area contributed by atoms with Crippen LogP contribution < -0.4 is 0 Å². The average molecular weight is 146 g/mol. The van der Waals surface area contributed by atoms with Crippen LogP contribution in [0.5, 0.6) is 0 Å². The van der Waals surface area contributed by atoms with E-state index in [1.54, 1.807) is 12.1 Å². The van der Waals surface area contributed by atoms with Crippen molar-refractivity contribution in [2.24, 2.45) is 5.11 Å². The highest BCUT2D eigenvalue weighted by molar-refractivity contribution is 5.44. The molecule has 1 rings (SSSR count). The molecule has 0 amide bonds. The molecule has 0 saturated carbocycles. The van der Waals surface area contributed by atoms with Crippen LogP contribution >= 0.6 is 0 Å². The lowest BCUT2D eigenvalue weighted by molar-refractivity contribution is 1.13.